The lowest BCUT2D eigenvalue weighted by Crippen LogP contribution is -2.44. The number of carbonyl (C=O) groups is 2. The Morgan fingerprint density at radius 1 is 1.32 bits per heavy atom. The molecule has 0 bridgehead atoms. The Kier molecular flexibility index (Phi) is 6.07. The second-order valence-corrected chi connectivity index (χ2v) is 6.80. The summed E-state index contributed by atoms with van der Waals surface area (Å²) in [7, 11) is -2.76. The van der Waals surface area contributed by atoms with Crippen LogP contribution in [0.25, 0.3) is 0 Å². The van der Waals surface area contributed by atoms with Crippen LogP contribution in [0.2, 0.25) is 0 Å². The Labute approximate surface area is 129 Å². The minimum absolute atomic E-state index is 0.0631. The topological polar surface area (TPSA) is 110 Å². The van der Waals surface area contributed by atoms with E-state index in [0.29, 0.717) is 5.56 Å². The van der Waals surface area contributed by atoms with Crippen molar-refractivity contribution < 1.29 is 27.9 Å². The molecule has 1 aromatic rings. The van der Waals surface area contributed by atoms with Crippen molar-refractivity contribution in [2.24, 2.45) is 5.92 Å². The average Bonchev–Trinajstić information content (AvgIpc) is 2.44. The van der Waals surface area contributed by atoms with Crippen molar-refractivity contribution in [1.29, 1.82) is 0 Å². The SMILES string of the molecule is COC(=O)Cc1cccc(S(=O)(=O)NC(C(=O)O)C(C)C)c1. The first-order valence-electron chi connectivity index (χ1n) is 6.58. The van der Waals surface area contributed by atoms with Crippen molar-refractivity contribution in [2.45, 2.75) is 31.2 Å². The molecule has 0 aromatic heterocycles. The number of aliphatic carboxylic acids is 1. The number of ether oxygens (including phenoxy) is 1. The van der Waals surface area contributed by atoms with Crippen LogP contribution in [0.1, 0.15) is 19.4 Å². The molecule has 0 aliphatic rings. The molecule has 0 saturated heterocycles. The fourth-order valence-corrected chi connectivity index (χ4v) is 3.18. The molecule has 0 radical (unpaired) electrons. The van der Waals surface area contributed by atoms with Crippen LogP contribution < -0.4 is 4.72 Å². The van der Waals surface area contributed by atoms with E-state index in [4.69, 9.17) is 5.11 Å². The van der Waals surface area contributed by atoms with Gasteiger partial charge in [-0.3, -0.25) is 9.59 Å². The maximum absolute atomic E-state index is 12.3. The molecule has 0 heterocycles. The summed E-state index contributed by atoms with van der Waals surface area (Å²) in [6.45, 7) is 3.21. The molecule has 122 valence electrons. The summed E-state index contributed by atoms with van der Waals surface area (Å²) in [6.07, 6.45) is -0.0631. The fraction of sp³-hybridized carbons (Fsp3) is 0.429. The number of carbonyl (C=O) groups excluding carboxylic acids is 1. The molecule has 1 aromatic carbocycles. The Hall–Kier alpha value is -1.93. The van der Waals surface area contributed by atoms with Crippen LogP contribution in [0.15, 0.2) is 29.2 Å². The van der Waals surface area contributed by atoms with Crippen LogP contribution in [-0.4, -0.2) is 38.6 Å². The van der Waals surface area contributed by atoms with E-state index in [1.54, 1.807) is 19.9 Å². The largest absolute Gasteiger partial charge is 0.480 e. The van der Waals surface area contributed by atoms with Crippen molar-refractivity contribution in [3.63, 3.8) is 0 Å². The molecule has 1 rings (SSSR count). The monoisotopic (exact) mass is 329 g/mol. The minimum atomic E-state index is -4.00. The first-order chi connectivity index (χ1) is 10.2. The summed E-state index contributed by atoms with van der Waals surface area (Å²) in [6, 6.07) is 4.50. The van der Waals surface area contributed by atoms with E-state index in [9.17, 15) is 18.0 Å². The maximum Gasteiger partial charge on any atom is 0.322 e. The van der Waals surface area contributed by atoms with Crippen molar-refractivity contribution in [1.82, 2.24) is 4.72 Å². The summed E-state index contributed by atoms with van der Waals surface area (Å²) in [5.41, 5.74) is 0.464. The summed E-state index contributed by atoms with van der Waals surface area (Å²) in [4.78, 5) is 22.3. The number of benzene rings is 1. The van der Waals surface area contributed by atoms with Gasteiger partial charge < -0.3 is 9.84 Å². The minimum Gasteiger partial charge on any atom is -0.480 e. The van der Waals surface area contributed by atoms with Gasteiger partial charge in [0.1, 0.15) is 6.04 Å². The van der Waals surface area contributed by atoms with E-state index < -0.39 is 33.9 Å². The van der Waals surface area contributed by atoms with Gasteiger partial charge in [0.15, 0.2) is 0 Å². The van der Waals surface area contributed by atoms with Gasteiger partial charge in [-0.2, -0.15) is 4.72 Å². The number of hydrogen-bond acceptors (Lipinski definition) is 5. The van der Waals surface area contributed by atoms with E-state index in [2.05, 4.69) is 9.46 Å². The molecule has 7 nitrogen and oxygen atoms in total. The molecule has 0 spiro atoms. The maximum atomic E-state index is 12.3. The van der Waals surface area contributed by atoms with Gasteiger partial charge in [-0.1, -0.05) is 26.0 Å². The molecule has 0 saturated carbocycles. The number of nitrogens with one attached hydrogen (secondary N) is 1. The van der Waals surface area contributed by atoms with Crippen LogP contribution in [-0.2, 0) is 30.8 Å². The van der Waals surface area contributed by atoms with Gasteiger partial charge in [0.25, 0.3) is 0 Å². The summed E-state index contributed by atoms with van der Waals surface area (Å²) < 4.78 is 31.2. The van der Waals surface area contributed by atoms with Crippen molar-refractivity contribution in [2.75, 3.05) is 7.11 Å². The highest BCUT2D eigenvalue weighted by molar-refractivity contribution is 7.89. The van der Waals surface area contributed by atoms with Crippen LogP contribution in [0.4, 0.5) is 0 Å². The van der Waals surface area contributed by atoms with E-state index in [1.165, 1.54) is 25.3 Å². The third kappa shape index (κ3) is 4.81. The molecule has 0 fully saturated rings. The molecule has 0 amide bonds. The van der Waals surface area contributed by atoms with Crippen LogP contribution in [0.5, 0.6) is 0 Å². The Balaban J connectivity index is 3.05. The lowest BCUT2D eigenvalue weighted by Gasteiger charge is -2.18. The fourth-order valence-electron chi connectivity index (χ4n) is 1.77. The zero-order valence-corrected chi connectivity index (χ0v) is 13.4. The van der Waals surface area contributed by atoms with Crippen molar-refractivity contribution >= 4 is 22.0 Å². The number of sulfonamides is 1. The van der Waals surface area contributed by atoms with Gasteiger partial charge in [-0.15, -0.1) is 0 Å². The van der Waals surface area contributed by atoms with Crippen LogP contribution in [0, 0.1) is 5.92 Å². The predicted molar refractivity (Wildman–Crippen MR) is 78.7 cm³/mol. The average molecular weight is 329 g/mol. The number of carboxylic acids is 1. The van der Waals surface area contributed by atoms with Crippen molar-refractivity contribution in [3.05, 3.63) is 29.8 Å². The van der Waals surface area contributed by atoms with Crippen molar-refractivity contribution in [3.8, 4) is 0 Å². The molecule has 1 unspecified atom stereocenters. The van der Waals surface area contributed by atoms with Gasteiger partial charge in [-0.25, -0.2) is 8.42 Å². The molecule has 1 atom stereocenters. The molecule has 0 aliphatic heterocycles. The summed E-state index contributed by atoms with van der Waals surface area (Å²) in [5.74, 6) is -2.15. The highest BCUT2D eigenvalue weighted by Crippen LogP contribution is 2.14. The molecule has 22 heavy (non-hydrogen) atoms. The van der Waals surface area contributed by atoms with E-state index in [0.717, 1.165) is 0 Å². The Morgan fingerprint density at radius 3 is 2.45 bits per heavy atom. The Morgan fingerprint density at radius 2 is 1.95 bits per heavy atom. The van der Waals surface area contributed by atoms with Crippen LogP contribution >= 0.6 is 0 Å². The molecule has 2 N–H and O–H groups in total. The zero-order chi connectivity index (χ0) is 16.9. The summed E-state index contributed by atoms with van der Waals surface area (Å²) >= 11 is 0. The summed E-state index contributed by atoms with van der Waals surface area (Å²) in [5, 5.41) is 9.07. The Bertz CT molecular complexity index is 653. The smallest absolute Gasteiger partial charge is 0.322 e. The third-order valence-electron chi connectivity index (χ3n) is 3.00. The first-order valence-corrected chi connectivity index (χ1v) is 8.06. The standard InChI is InChI=1S/C14H19NO6S/c1-9(2)13(14(17)18)15-22(19,20)11-6-4-5-10(7-11)8-12(16)21-3/h4-7,9,13,15H,8H2,1-3H3,(H,17,18). The first kappa shape index (κ1) is 18.1. The molecule has 0 aliphatic carbocycles. The number of carboxylic acid groups (broad SMARTS) is 1. The van der Waals surface area contributed by atoms with E-state index >= 15 is 0 Å². The van der Waals surface area contributed by atoms with Gasteiger partial charge >= 0.3 is 11.9 Å². The molecular weight excluding hydrogens is 310 g/mol. The van der Waals surface area contributed by atoms with Gasteiger partial charge in [0, 0.05) is 0 Å². The highest BCUT2D eigenvalue weighted by atomic mass is 32.2. The van der Waals surface area contributed by atoms with Gasteiger partial charge in [0.05, 0.1) is 18.4 Å². The predicted octanol–water partition coefficient (Wildman–Crippen LogP) is 0.790. The quantitative estimate of drug-likeness (QED) is 0.716. The lowest BCUT2D eigenvalue weighted by atomic mass is 10.1. The highest BCUT2D eigenvalue weighted by Gasteiger charge is 2.28. The molecule has 8 heteroatoms. The zero-order valence-electron chi connectivity index (χ0n) is 12.6. The number of esters is 1. The third-order valence-corrected chi connectivity index (χ3v) is 4.44. The second kappa shape index (κ2) is 7.37. The molecular formula is C14H19NO6S. The number of hydrogen-bond donors (Lipinski definition) is 2. The normalized spacial score (nSPS) is 12.9. The number of rotatable bonds is 7. The van der Waals surface area contributed by atoms with E-state index in [-0.39, 0.29) is 11.3 Å². The second-order valence-electron chi connectivity index (χ2n) is 5.08. The van der Waals surface area contributed by atoms with Gasteiger partial charge in [-0.05, 0) is 23.6 Å². The lowest BCUT2D eigenvalue weighted by molar-refractivity contribution is -0.140. The van der Waals surface area contributed by atoms with Gasteiger partial charge in [0.2, 0.25) is 10.0 Å². The van der Waals surface area contributed by atoms with Crippen LogP contribution in [0.3, 0.4) is 0 Å². The number of methoxy groups -OCH3 is 1. The van der Waals surface area contributed by atoms with E-state index in [1.807, 2.05) is 0 Å².